The summed E-state index contributed by atoms with van der Waals surface area (Å²) in [5, 5.41) is 0. The van der Waals surface area contributed by atoms with E-state index in [1.54, 1.807) is 0 Å². The van der Waals surface area contributed by atoms with Crippen molar-refractivity contribution >= 4 is 17.2 Å². The first-order chi connectivity index (χ1) is 12.0. The van der Waals surface area contributed by atoms with Gasteiger partial charge in [-0.05, 0) is 0 Å². The van der Waals surface area contributed by atoms with Crippen LogP contribution in [0.15, 0.2) is 0 Å². The summed E-state index contributed by atoms with van der Waals surface area (Å²) in [4.78, 5) is 0. The van der Waals surface area contributed by atoms with E-state index in [0.29, 0.717) is 0 Å². The van der Waals surface area contributed by atoms with Crippen molar-refractivity contribution in [1.29, 1.82) is 0 Å². The molecule has 0 unspecified atom stereocenters. The molecule has 154 valence electrons. The van der Waals surface area contributed by atoms with E-state index in [1.165, 1.54) is 121 Å². The molecule has 0 aromatic heterocycles. The third-order valence-electron chi connectivity index (χ3n) is 6.25. The average Bonchev–Trinajstić information content (AvgIpc) is 2.62. The molecule has 2 heteroatoms. The van der Waals surface area contributed by atoms with Crippen LogP contribution in [0.4, 0.5) is 0 Å². The van der Waals surface area contributed by atoms with Gasteiger partial charge in [0.2, 0.25) is 0 Å². The van der Waals surface area contributed by atoms with Gasteiger partial charge in [-0.15, -0.1) is 0 Å². The molecule has 0 nitrogen and oxygen atoms in total. The summed E-state index contributed by atoms with van der Waals surface area (Å²) in [7, 11) is 0. The Hall–Kier alpha value is 0.720. The second-order valence-corrected chi connectivity index (χ2v) is 17.0. The first kappa shape index (κ1) is 25.7. The fraction of sp³-hybridized carbons (Fsp3) is 1.00. The van der Waals surface area contributed by atoms with Crippen molar-refractivity contribution in [3.05, 3.63) is 0 Å². The predicted molar refractivity (Wildman–Crippen MR) is 124 cm³/mol. The number of rotatable bonds is 19. The average molecular weight is 393 g/mol. The van der Waals surface area contributed by atoms with E-state index in [1.807, 2.05) is 0 Å². The molecule has 0 amide bonds. The van der Waals surface area contributed by atoms with Gasteiger partial charge in [0, 0.05) is 0 Å². The molecule has 0 N–H and O–H groups in total. The van der Waals surface area contributed by atoms with Gasteiger partial charge in [-0.25, -0.2) is 0 Å². The Morgan fingerprint density at radius 1 is 0.440 bits per heavy atom. The molecule has 0 saturated heterocycles. The van der Waals surface area contributed by atoms with Crippen LogP contribution in [-0.2, 0) is 0 Å². The van der Waals surface area contributed by atoms with Gasteiger partial charge in [0.15, 0.2) is 0 Å². The first-order valence-corrected chi connectivity index (χ1v) is 15.6. The minimum absolute atomic E-state index is 1.28. The second kappa shape index (κ2) is 15.7. The molecule has 25 heavy (non-hydrogen) atoms. The van der Waals surface area contributed by atoms with Crippen molar-refractivity contribution in [2.45, 2.75) is 124 Å². The Labute approximate surface area is 166 Å². The summed E-state index contributed by atoms with van der Waals surface area (Å²) < 4.78 is 0. The van der Waals surface area contributed by atoms with Crippen LogP contribution in [0, 0.1) is 0 Å². The van der Waals surface area contributed by atoms with Crippen LogP contribution in [0.2, 0.25) is 0 Å². The van der Waals surface area contributed by atoms with Gasteiger partial charge in [-0.1, -0.05) is 0 Å². The molecule has 0 aromatic rings. The molecule has 0 radical (unpaired) electrons. The number of halogens is 1. The Morgan fingerprint density at radius 3 is 0.960 bits per heavy atom. The molecule has 0 spiro atoms. The van der Waals surface area contributed by atoms with Gasteiger partial charge in [0.1, 0.15) is 0 Å². The summed E-state index contributed by atoms with van der Waals surface area (Å²) in [5.41, 5.74) is 0. The van der Waals surface area contributed by atoms with Crippen LogP contribution in [0.25, 0.3) is 0 Å². The predicted octanol–water partition coefficient (Wildman–Crippen LogP) is 9.62. The molecular weight excluding hydrogens is 343 g/mol. The van der Waals surface area contributed by atoms with Crippen molar-refractivity contribution in [3.63, 3.8) is 0 Å². The van der Waals surface area contributed by atoms with Crippen molar-refractivity contribution < 1.29 is 0 Å². The van der Waals surface area contributed by atoms with Crippen molar-refractivity contribution in [1.82, 2.24) is 0 Å². The van der Waals surface area contributed by atoms with Crippen molar-refractivity contribution in [2.24, 2.45) is 0 Å². The van der Waals surface area contributed by atoms with Gasteiger partial charge in [-0.3, -0.25) is 0 Å². The van der Waals surface area contributed by atoms with Crippen LogP contribution in [0.1, 0.15) is 124 Å². The normalized spacial score (nSPS) is 13.7. The van der Waals surface area contributed by atoms with E-state index in [0.717, 1.165) is 0 Å². The summed E-state index contributed by atoms with van der Waals surface area (Å²) >= 11 is 7.65. The van der Waals surface area contributed by atoms with Gasteiger partial charge >= 0.3 is 166 Å². The Kier molecular flexibility index (Phi) is 16.2. The zero-order valence-corrected chi connectivity index (χ0v) is 19.9. The van der Waals surface area contributed by atoms with Gasteiger partial charge in [0.25, 0.3) is 0 Å². The molecule has 0 rings (SSSR count). The van der Waals surface area contributed by atoms with Gasteiger partial charge in [0.05, 0.1) is 0 Å². The third-order valence-corrected chi connectivity index (χ3v) is 14.4. The molecule has 0 bridgehead atoms. The third kappa shape index (κ3) is 12.7. The fourth-order valence-corrected chi connectivity index (χ4v) is 9.88. The molecule has 0 aliphatic carbocycles. The van der Waals surface area contributed by atoms with Crippen molar-refractivity contribution in [3.8, 4) is 0 Å². The molecule has 0 aliphatic rings. The van der Waals surface area contributed by atoms with Crippen molar-refractivity contribution in [2.75, 3.05) is 24.6 Å². The first-order valence-electron chi connectivity index (χ1n) is 11.8. The summed E-state index contributed by atoms with van der Waals surface area (Å²) in [6.45, 7) is 9.33. The Balaban J connectivity index is 4.53. The van der Waals surface area contributed by atoms with E-state index < -0.39 is 5.96 Å². The topological polar surface area (TPSA) is 0 Å². The quantitative estimate of drug-likeness (QED) is 0.151. The molecule has 0 fully saturated rings. The number of hydrogen-bond donors (Lipinski definition) is 0. The molecule has 0 aliphatic heterocycles. The monoisotopic (exact) mass is 392 g/mol. The van der Waals surface area contributed by atoms with E-state index >= 15 is 0 Å². The zero-order valence-electron chi connectivity index (χ0n) is 18.3. The van der Waals surface area contributed by atoms with E-state index in [4.69, 9.17) is 11.2 Å². The summed E-state index contributed by atoms with van der Waals surface area (Å²) in [6, 6.07) is 0. The minimum atomic E-state index is -1.96. The molecular formula is C23H50ClP. The summed E-state index contributed by atoms with van der Waals surface area (Å²) in [6.07, 6.45) is 26.2. The molecule has 0 aromatic carbocycles. The maximum absolute atomic E-state index is 7.65. The van der Waals surface area contributed by atoms with E-state index in [9.17, 15) is 0 Å². The molecule has 0 saturated carbocycles. The summed E-state index contributed by atoms with van der Waals surface area (Å²) in [5.74, 6) is -1.96. The Bertz CT molecular complexity index is 251. The van der Waals surface area contributed by atoms with Crippen LogP contribution in [-0.4, -0.2) is 24.6 Å². The van der Waals surface area contributed by atoms with Gasteiger partial charge < -0.3 is 0 Å². The zero-order chi connectivity index (χ0) is 18.9. The SMILES string of the molecule is CCCCCCCP(Cl)(CC)(CCCCCCC)CCCCCCC. The van der Waals surface area contributed by atoms with Gasteiger partial charge in [-0.2, -0.15) is 0 Å². The van der Waals surface area contributed by atoms with E-state index in [-0.39, 0.29) is 0 Å². The fourth-order valence-electron chi connectivity index (χ4n) is 4.14. The maximum atomic E-state index is 7.65. The van der Waals surface area contributed by atoms with E-state index in [2.05, 4.69) is 27.7 Å². The Morgan fingerprint density at radius 2 is 0.720 bits per heavy atom. The standard InChI is InChI=1S/C23H50ClP/c1-5-9-12-15-18-21-25(24,8-4,22-19-16-13-10-6-2)23-20-17-14-11-7-3/h5-23H2,1-4H3. The number of hydrogen-bond acceptors (Lipinski definition) is 0. The molecule has 0 atom stereocenters. The molecule has 0 heterocycles. The van der Waals surface area contributed by atoms with Crippen LogP contribution < -0.4 is 0 Å². The second-order valence-electron chi connectivity index (χ2n) is 8.55. The van der Waals surface area contributed by atoms with Crippen LogP contribution in [0.5, 0.6) is 0 Å². The van der Waals surface area contributed by atoms with Crippen LogP contribution in [0.3, 0.4) is 0 Å². The number of unbranched alkanes of at least 4 members (excludes halogenated alkanes) is 12. The van der Waals surface area contributed by atoms with Crippen LogP contribution >= 0.6 is 17.2 Å².